The highest BCUT2D eigenvalue weighted by atomic mass is 16.5. The number of aliphatic hydroxyl groups excluding tert-OH is 2. The van der Waals surface area contributed by atoms with Crippen molar-refractivity contribution in [3.05, 3.63) is 0 Å². The van der Waals surface area contributed by atoms with E-state index >= 15 is 0 Å². The smallest absolute Gasteiger partial charge is 0.305 e. The SMILES string of the molecule is CCCCCCCCCCCCCCCCCCCCCCCCCCC(O)C(CO)NC(=O)CCCCCCCCCCCCCCCOC(=O)CCCCCCCCCCCCCCC. The Balaban J connectivity index is 3.42. The molecule has 2 atom stereocenters. The zero-order valence-corrected chi connectivity index (χ0v) is 45.7. The first-order valence-corrected chi connectivity index (χ1v) is 30.8. The molecule has 0 aromatic heterocycles. The van der Waals surface area contributed by atoms with Gasteiger partial charge in [0.25, 0.3) is 0 Å². The summed E-state index contributed by atoms with van der Waals surface area (Å²) in [5, 5.41) is 23.4. The molecule has 0 aliphatic carbocycles. The van der Waals surface area contributed by atoms with Crippen molar-refractivity contribution in [2.45, 2.75) is 366 Å². The summed E-state index contributed by atoms with van der Waals surface area (Å²) in [5.41, 5.74) is 0. The molecule has 2 unspecified atom stereocenters. The lowest BCUT2D eigenvalue weighted by Gasteiger charge is -2.22. The minimum atomic E-state index is -0.673. The van der Waals surface area contributed by atoms with Crippen LogP contribution in [0.25, 0.3) is 0 Å². The number of hydrogen-bond donors (Lipinski definition) is 3. The maximum atomic E-state index is 12.5. The molecule has 0 aromatic carbocycles. The zero-order valence-electron chi connectivity index (χ0n) is 45.7. The molecular weight excluding hydrogens is 827 g/mol. The van der Waals surface area contributed by atoms with Crippen LogP contribution in [-0.4, -0.2) is 47.4 Å². The third-order valence-electron chi connectivity index (χ3n) is 14.7. The van der Waals surface area contributed by atoms with E-state index in [1.807, 2.05) is 0 Å². The lowest BCUT2D eigenvalue weighted by Crippen LogP contribution is -2.45. The molecule has 0 bridgehead atoms. The van der Waals surface area contributed by atoms with E-state index in [1.165, 1.54) is 270 Å². The number of aliphatic hydroxyl groups is 2. The molecule has 0 radical (unpaired) electrons. The molecule has 6 heteroatoms. The topological polar surface area (TPSA) is 95.9 Å². The van der Waals surface area contributed by atoms with Gasteiger partial charge in [-0.3, -0.25) is 9.59 Å². The number of carbonyl (C=O) groups excluding carboxylic acids is 2. The predicted octanol–water partition coefficient (Wildman–Crippen LogP) is 19.1. The summed E-state index contributed by atoms with van der Waals surface area (Å²) in [6.45, 7) is 4.96. The molecule has 0 aliphatic rings. The van der Waals surface area contributed by atoms with Crippen molar-refractivity contribution in [3.63, 3.8) is 0 Å². The molecule has 0 saturated heterocycles. The predicted molar refractivity (Wildman–Crippen MR) is 292 cm³/mol. The molecule has 400 valence electrons. The van der Waals surface area contributed by atoms with Crippen molar-refractivity contribution in [1.29, 1.82) is 0 Å². The average Bonchev–Trinajstić information content (AvgIpc) is 3.33. The molecule has 67 heavy (non-hydrogen) atoms. The van der Waals surface area contributed by atoms with Gasteiger partial charge in [0, 0.05) is 12.8 Å². The van der Waals surface area contributed by atoms with Crippen molar-refractivity contribution < 1.29 is 24.5 Å². The zero-order chi connectivity index (χ0) is 48.6. The Labute approximate surface area is 419 Å². The largest absolute Gasteiger partial charge is 0.466 e. The number of ether oxygens (including phenoxy) is 1. The lowest BCUT2D eigenvalue weighted by atomic mass is 10.0. The Bertz CT molecular complexity index is 959. The number of carbonyl (C=O) groups is 2. The Hall–Kier alpha value is -1.14. The molecule has 0 aliphatic heterocycles. The van der Waals surface area contributed by atoms with E-state index in [1.54, 1.807) is 0 Å². The fraction of sp³-hybridized carbons (Fsp3) is 0.967. The summed E-state index contributed by atoms with van der Waals surface area (Å²) in [5.74, 6) is -0.0449. The van der Waals surface area contributed by atoms with Gasteiger partial charge in [-0.2, -0.15) is 0 Å². The van der Waals surface area contributed by atoms with Gasteiger partial charge in [0.05, 0.1) is 25.4 Å². The van der Waals surface area contributed by atoms with Gasteiger partial charge in [-0.05, 0) is 25.7 Å². The highest BCUT2D eigenvalue weighted by Crippen LogP contribution is 2.18. The monoisotopic (exact) mass is 948 g/mol. The number of rotatable bonds is 58. The Morgan fingerprint density at radius 1 is 0.358 bits per heavy atom. The van der Waals surface area contributed by atoms with E-state index < -0.39 is 12.1 Å². The van der Waals surface area contributed by atoms with Crippen LogP contribution in [0.2, 0.25) is 0 Å². The first kappa shape index (κ1) is 65.9. The van der Waals surface area contributed by atoms with Gasteiger partial charge in [0.15, 0.2) is 0 Å². The van der Waals surface area contributed by atoms with Crippen LogP contribution in [0.4, 0.5) is 0 Å². The molecule has 1 amide bonds. The van der Waals surface area contributed by atoms with Gasteiger partial charge in [0.1, 0.15) is 0 Å². The van der Waals surface area contributed by atoms with Gasteiger partial charge in [-0.1, -0.05) is 316 Å². The van der Waals surface area contributed by atoms with Crippen LogP contribution in [0.3, 0.4) is 0 Å². The third kappa shape index (κ3) is 54.0. The fourth-order valence-electron chi connectivity index (χ4n) is 9.94. The molecule has 0 spiro atoms. The number of nitrogens with one attached hydrogen (secondary N) is 1. The van der Waals surface area contributed by atoms with Crippen molar-refractivity contribution in [1.82, 2.24) is 5.32 Å². The van der Waals surface area contributed by atoms with Crippen molar-refractivity contribution in [2.75, 3.05) is 13.2 Å². The number of unbranched alkanes of at least 4 members (excludes halogenated alkanes) is 47. The first-order chi connectivity index (χ1) is 33.0. The van der Waals surface area contributed by atoms with Crippen LogP contribution in [0.15, 0.2) is 0 Å². The van der Waals surface area contributed by atoms with Gasteiger partial charge in [-0.25, -0.2) is 0 Å². The van der Waals surface area contributed by atoms with Gasteiger partial charge < -0.3 is 20.3 Å². The highest BCUT2D eigenvalue weighted by Gasteiger charge is 2.20. The minimum Gasteiger partial charge on any atom is -0.466 e. The second-order valence-electron chi connectivity index (χ2n) is 21.4. The van der Waals surface area contributed by atoms with Crippen LogP contribution in [0, 0.1) is 0 Å². The summed E-state index contributed by atoms with van der Waals surface area (Å²) in [4.78, 5) is 24.6. The molecule has 6 nitrogen and oxygen atoms in total. The number of hydrogen-bond acceptors (Lipinski definition) is 5. The standard InChI is InChI=1S/C61H121NO5/c1-3-5-7-9-11-13-15-17-18-19-20-21-22-23-24-25-26-27-30-33-37-41-45-49-53-59(64)58(57-63)62-60(65)54-50-46-42-38-34-31-28-32-36-40-44-48-52-56-67-61(66)55-51-47-43-39-35-29-16-14-12-10-8-6-4-2/h58-59,63-64H,3-57H2,1-2H3,(H,62,65). The molecular formula is C61H121NO5. The maximum Gasteiger partial charge on any atom is 0.305 e. The van der Waals surface area contributed by atoms with Crippen molar-refractivity contribution in [2.24, 2.45) is 0 Å². The fourth-order valence-corrected chi connectivity index (χ4v) is 9.94. The van der Waals surface area contributed by atoms with E-state index in [2.05, 4.69) is 19.2 Å². The van der Waals surface area contributed by atoms with Crippen LogP contribution < -0.4 is 5.32 Å². The summed E-state index contributed by atoms with van der Waals surface area (Å²) >= 11 is 0. The van der Waals surface area contributed by atoms with Crippen molar-refractivity contribution >= 4 is 11.9 Å². The van der Waals surface area contributed by atoms with E-state index in [9.17, 15) is 19.8 Å². The normalized spacial score (nSPS) is 12.5. The Morgan fingerprint density at radius 2 is 0.612 bits per heavy atom. The average molecular weight is 949 g/mol. The second-order valence-corrected chi connectivity index (χ2v) is 21.4. The molecule has 0 saturated carbocycles. The van der Waals surface area contributed by atoms with E-state index in [4.69, 9.17) is 4.74 Å². The molecule has 0 aromatic rings. The summed E-state index contributed by atoms with van der Waals surface area (Å²) in [6.07, 6.45) is 66.7. The van der Waals surface area contributed by atoms with Gasteiger partial charge >= 0.3 is 5.97 Å². The number of esters is 1. The van der Waals surface area contributed by atoms with E-state index in [-0.39, 0.29) is 18.5 Å². The summed E-state index contributed by atoms with van der Waals surface area (Å²) < 4.78 is 5.47. The Kier molecular flexibility index (Phi) is 56.5. The van der Waals surface area contributed by atoms with E-state index in [0.29, 0.717) is 25.9 Å². The van der Waals surface area contributed by atoms with Crippen LogP contribution in [0.5, 0.6) is 0 Å². The maximum absolute atomic E-state index is 12.5. The van der Waals surface area contributed by atoms with Crippen LogP contribution in [-0.2, 0) is 14.3 Å². The summed E-state index contributed by atoms with van der Waals surface area (Å²) in [7, 11) is 0. The van der Waals surface area contributed by atoms with Crippen LogP contribution >= 0.6 is 0 Å². The Morgan fingerprint density at radius 3 is 0.910 bits per heavy atom. The van der Waals surface area contributed by atoms with Crippen LogP contribution in [0.1, 0.15) is 354 Å². The molecule has 0 rings (SSSR count). The van der Waals surface area contributed by atoms with Gasteiger partial charge in [-0.15, -0.1) is 0 Å². The third-order valence-corrected chi connectivity index (χ3v) is 14.7. The summed E-state index contributed by atoms with van der Waals surface area (Å²) in [6, 6.07) is -0.551. The number of amides is 1. The lowest BCUT2D eigenvalue weighted by molar-refractivity contribution is -0.143. The van der Waals surface area contributed by atoms with E-state index in [0.717, 1.165) is 51.4 Å². The minimum absolute atomic E-state index is 0.00227. The second kappa shape index (κ2) is 57.4. The quantitative estimate of drug-likeness (QED) is 0.0417. The van der Waals surface area contributed by atoms with Crippen molar-refractivity contribution in [3.8, 4) is 0 Å². The first-order valence-electron chi connectivity index (χ1n) is 30.8. The molecule has 3 N–H and O–H groups in total. The molecule has 0 heterocycles. The molecule has 0 fully saturated rings. The van der Waals surface area contributed by atoms with Gasteiger partial charge in [0.2, 0.25) is 5.91 Å². The highest BCUT2D eigenvalue weighted by molar-refractivity contribution is 5.76.